The molecule has 0 radical (unpaired) electrons. The van der Waals surface area contributed by atoms with Crippen LogP contribution >= 0.6 is 11.3 Å². The zero-order valence-corrected chi connectivity index (χ0v) is 17.4. The van der Waals surface area contributed by atoms with Crippen molar-refractivity contribution in [3.05, 3.63) is 34.8 Å². The van der Waals surface area contributed by atoms with Gasteiger partial charge in [-0.1, -0.05) is 6.07 Å². The number of carbonyl (C=O) groups is 2. The van der Waals surface area contributed by atoms with Crippen LogP contribution in [0, 0.1) is 0 Å². The molecular weight excluding hydrogens is 390 g/mol. The SMILES string of the molecule is CC(C)Oc1cc([C@@H]2CC(=O)N(CC(=O)Nc3nc(C4CC4)cs3)C2)ccc1O. The number of nitrogens with zero attached hydrogens (tertiary/aromatic N) is 2. The zero-order valence-electron chi connectivity index (χ0n) is 16.6. The lowest BCUT2D eigenvalue weighted by Gasteiger charge is -2.17. The lowest BCUT2D eigenvalue weighted by atomic mass is 9.98. The Balaban J connectivity index is 1.36. The third-order valence-electron chi connectivity index (χ3n) is 5.13. The summed E-state index contributed by atoms with van der Waals surface area (Å²) in [6, 6.07) is 5.18. The summed E-state index contributed by atoms with van der Waals surface area (Å²) in [6.45, 7) is 4.26. The maximum Gasteiger partial charge on any atom is 0.245 e. The monoisotopic (exact) mass is 415 g/mol. The van der Waals surface area contributed by atoms with Crippen molar-refractivity contribution in [2.45, 2.75) is 51.0 Å². The Labute approximate surface area is 173 Å². The van der Waals surface area contributed by atoms with E-state index in [1.807, 2.05) is 19.2 Å². The lowest BCUT2D eigenvalue weighted by Crippen LogP contribution is -2.34. The first kappa shape index (κ1) is 19.7. The molecule has 7 nitrogen and oxygen atoms in total. The van der Waals surface area contributed by atoms with Crippen molar-refractivity contribution in [1.29, 1.82) is 0 Å². The van der Waals surface area contributed by atoms with E-state index in [9.17, 15) is 14.7 Å². The molecule has 2 aromatic rings. The number of anilines is 1. The van der Waals surface area contributed by atoms with Crippen LogP contribution in [0.5, 0.6) is 11.5 Å². The Morgan fingerprint density at radius 3 is 2.90 bits per heavy atom. The van der Waals surface area contributed by atoms with E-state index in [4.69, 9.17) is 4.74 Å². The van der Waals surface area contributed by atoms with Gasteiger partial charge in [-0.15, -0.1) is 11.3 Å². The van der Waals surface area contributed by atoms with Gasteiger partial charge in [0.15, 0.2) is 16.6 Å². The van der Waals surface area contributed by atoms with Crippen molar-refractivity contribution in [3.63, 3.8) is 0 Å². The van der Waals surface area contributed by atoms with Crippen LogP contribution in [0.1, 0.15) is 56.2 Å². The number of phenolic OH excluding ortho intramolecular Hbond substituents is 1. The molecule has 8 heteroatoms. The minimum absolute atomic E-state index is 0.0150. The Morgan fingerprint density at radius 1 is 1.38 bits per heavy atom. The first-order chi connectivity index (χ1) is 13.9. The number of aromatic hydroxyl groups is 1. The second kappa shape index (κ2) is 8.02. The molecule has 2 amide bonds. The molecule has 2 aliphatic rings. The van der Waals surface area contributed by atoms with Crippen LogP contribution in [0.15, 0.2) is 23.6 Å². The average Bonchev–Trinajstić information content (AvgIpc) is 3.31. The quantitative estimate of drug-likeness (QED) is 0.722. The van der Waals surface area contributed by atoms with E-state index in [0.29, 0.717) is 29.8 Å². The summed E-state index contributed by atoms with van der Waals surface area (Å²) in [7, 11) is 0. The van der Waals surface area contributed by atoms with Crippen molar-refractivity contribution in [1.82, 2.24) is 9.88 Å². The molecule has 2 fully saturated rings. The number of likely N-dealkylation sites (tertiary alicyclic amines) is 1. The van der Waals surface area contributed by atoms with E-state index in [1.165, 1.54) is 24.2 Å². The Morgan fingerprint density at radius 2 is 2.17 bits per heavy atom. The number of hydrogen-bond donors (Lipinski definition) is 2. The van der Waals surface area contributed by atoms with Crippen molar-refractivity contribution in [2.75, 3.05) is 18.4 Å². The summed E-state index contributed by atoms with van der Waals surface area (Å²) in [5.74, 6) is 0.723. The Bertz CT molecular complexity index is 922. The summed E-state index contributed by atoms with van der Waals surface area (Å²) in [6.07, 6.45) is 2.61. The third kappa shape index (κ3) is 4.70. The fourth-order valence-corrected chi connectivity index (χ4v) is 4.33. The Kier molecular flexibility index (Phi) is 5.45. The lowest BCUT2D eigenvalue weighted by molar-refractivity contribution is -0.131. The summed E-state index contributed by atoms with van der Waals surface area (Å²) >= 11 is 1.43. The standard InChI is InChI=1S/C21H25N3O4S/c1-12(2)28-18-7-14(5-6-17(18)25)15-8-20(27)24(9-15)10-19(26)23-21-22-16(11-29-21)13-3-4-13/h5-7,11-13,15,25H,3-4,8-10H2,1-2H3,(H,22,23,26)/t15-/m1/s1. The number of nitrogens with one attached hydrogen (secondary N) is 1. The normalized spacial score (nSPS) is 19.1. The van der Waals surface area contributed by atoms with Gasteiger partial charge in [-0.2, -0.15) is 0 Å². The summed E-state index contributed by atoms with van der Waals surface area (Å²) in [5.41, 5.74) is 1.97. The predicted molar refractivity (Wildman–Crippen MR) is 111 cm³/mol. The number of aromatic nitrogens is 1. The Hall–Kier alpha value is -2.61. The molecule has 1 aliphatic carbocycles. The van der Waals surface area contributed by atoms with Gasteiger partial charge in [-0.3, -0.25) is 9.59 Å². The molecule has 0 unspecified atom stereocenters. The highest BCUT2D eigenvalue weighted by molar-refractivity contribution is 7.13. The van der Waals surface area contributed by atoms with Gasteiger partial charge in [0, 0.05) is 30.2 Å². The molecule has 1 aliphatic heterocycles. The number of ether oxygens (including phenoxy) is 1. The predicted octanol–water partition coefficient (Wildman–Crippen LogP) is 3.47. The molecule has 154 valence electrons. The number of phenols is 1. The minimum Gasteiger partial charge on any atom is -0.504 e. The number of thiazole rings is 1. The maximum atomic E-state index is 12.4. The largest absolute Gasteiger partial charge is 0.504 e. The first-order valence-electron chi connectivity index (χ1n) is 9.91. The molecule has 1 saturated heterocycles. The minimum atomic E-state index is -0.231. The molecule has 1 saturated carbocycles. The molecule has 0 bridgehead atoms. The van der Waals surface area contributed by atoms with Crippen molar-refractivity contribution in [2.24, 2.45) is 0 Å². The molecule has 1 aromatic heterocycles. The number of amides is 2. The smallest absolute Gasteiger partial charge is 0.245 e. The van der Waals surface area contributed by atoms with E-state index in [-0.39, 0.29) is 36.1 Å². The van der Waals surface area contributed by atoms with E-state index >= 15 is 0 Å². The highest BCUT2D eigenvalue weighted by Gasteiger charge is 2.32. The molecular formula is C21H25N3O4S. The fraction of sp³-hybridized carbons (Fsp3) is 0.476. The van der Waals surface area contributed by atoms with Crippen LogP contribution in [-0.4, -0.2) is 46.0 Å². The van der Waals surface area contributed by atoms with Crippen LogP contribution in [0.2, 0.25) is 0 Å². The highest BCUT2D eigenvalue weighted by Crippen LogP contribution is 2.41. The number of carbonyl (C=O) groups excluding carboxylic acids is 2. The number of rotatable bonds is 7. The second-order valence-corrected chi connectivity index (χ2v) is 8.83. The van der Waals surface area contributed by atoms with E-state index in [2.05, 4.69) is 10.3 Å². The van der Waals surface area contributed by atoms with Crippen LogP contribution in [0.3, 0.4) is 0 Å². The van der Waals surface area contributed by atoms with E-state index in [1.54, 1.807) is 23.1 Å². The van der Waals surface area contributed by atoms with Crippen molar-refractivity contribution in [3.8, 4) is 11.5 Å². The van der Waals surface area contributed by atoms with Crippen LogP contribution in [-0.2, 0) is 9.59 Å². The summed E-state index contributed by atoms with van der Waals surface area (Å²) < 4.78 is 5.63. The second-order valence-electron chi connectivity index (χ2n) is 7.97. The van der Waals surface area contributed by atoms with Gasteiger partial charge in [0.1, 0.15) is 0 Å². The topological polar surface area (TPSA) is 91.8 Å². The van der Waals surface area contributed by atoms with Gasteiger partial charge in [0.25, 0.3) is 0 Å². The summed E-state index contributed by atoms with van der Waals surface area (Å²) in [4.78, 5) is 30.8. The fourth-order valence-electron chi connectivity index (χ4n) is 3.52. The number of hydrogen-bond acceptors (Lipinski definition) is 6. The molecule has 2 heterocycles. The van der Waals surface area contributed by atoms with Gasteiger partial charge < -0.3 is 20.1 Å². The molecule has 1 atom stereocenters. The van der Waals surface area contributed by atoms with Crippen LogP contribution in [0.25, 0.3) is 0 Å². The van der Waals surface area contributed by atoms with Crippen molar-refractivity contribution >= 4 is 28.3 Å². The molecule has 2 N–H and O–H groups in total. The van der Waals surface area contributed by atoms with E-state index < -0.39 is 0 Å². The summed E-state index contributed by atoms with van der Waals surface area (Å²) in [5, 5.41) is 15.4. The average molecular weight is 416 g/mol. The molecule has 1 aromatic carbocycles. The maximum absolute atomic E-state index is 12.4. The van der Waals surface area contributed by atoms with E-state index in [0.717, 1.165) is 11.3 Å². The molecule has 0 spiro atoms. The van der Waals surface area contributed by atoms with Crippen molar-refractivity contribution < 1.29 is 19.4 Å². The van der Waals surface area contributed by atoms with Gasteiger partial charge >= 0.3 is 0 Å². The molecule has 29 heavy (non-hydrogen) atoms. The zero-order chi connectivity index (χ0) is 20.5. The first-order valence-corrected chi connectivity index (χ1v) is 10.8. The van der Waals surface area contributed by atoms with Gasteiger partial charge in [-0.25, -0.2) is 4.98 Å². The van der Waals surface area contributed by atoms with Gasteiger partial charge in [-0.05, 0) is 44.4 Å². The third-order valence-corrected chi connectivity index (χ3v) is 5.91. The molecule has 4 rings (SSSR count). The van der Waals surface area contributed by atoms with Crippen LogP contribution < -0.4 is 10.1 Å². The number of benzene rings is 1. The van der Waals surface area contributed by atoms with Gasteiger partial charge in [0.2, 0.25) is 11.8 Å². The van der Waals surface area contributed by atoms with Gasteiger partial charge in [0.05, 0.1) is 18.3 Å². The highest BCUT2D eigenvalue weighted by atomic mass is 32.1. The van der Waals surface area contributed by atoms with Crippen LogP contribution in [0.4, 0.5) is 5.13 Å².